The molecule has 0 aromatic heterocycles. The standard InChI is InChI=1S/C11H16O2/c1-8-7-11(5-4-9(8)13-11)10-3-2-6-12-10/h4-5,8-10H,2-3,6-7H2,1H3. The molecular formula is C11H16O2. The van der Waals surface area contributed by atoms with Crippen molar-refractivity contribution in [3.8, 4) is 0 Å². The van der Waals surface area contributed by atoms with Crippen molar-refractivity contribution in [2.75, 3.05) is 6.61 Å². The van der Waals surface area contributed by atoms with E-state index in [4.69, 9.17) is 9.47 Å². The molecule has 2 heteroatoms. The second-order valence-electron chi connectivity index (χ2n) is 4.58. The molecule has 2 fully saturated rings. The highest BCUT2D eigenvalue weighted by atomic mass is 16.6. The van der Waals surface area contributed by atoms with Crippen LogP contribution in [0.2, 0.25) is 0 Å². The highest BCUT2D eigenvalue weighted by Gasteiger charge is 2.52. The summed E-state index contributed by atoms with van der Waals surface area (Å²) < 4.78 is 11.7. The molecule has 0 radical (unpaired) electrons. The largest absolute Gasteiger partial charge is 0.375 e. The lowest BCUT2D eigenvalue weighted by Gasteiger charge is -2.29. The van der Waals surface area contributed by atoms with Crippen molar-refractivity contribution in [2.24, 2.45) is 5.92 Å². The Bertz CT molecular complexity index is 242. The molecule has 3 rings (SSSR count). The average molecular weight is 180 g/mol. The molecule has 0 saturated carbocycles. The van der Waals surface area contributed by atoms with Gasteiger partial charge in [-0.1, -0.05) is 19.1 Å². The lowest BCUT2D eigenvalue weighted by atomic mass is 9.83. The Kier molecular flexibility index (Phi) is 1.59. The van der Waals surface area contributed by atoms with E-state index in [-0.39, 0.29) is 5.60 Å². The summed E-state index contributed by atoms with van der Waals surface area (Å²) in [6.07, 6.45) is 8.68. The Labute approximate surface area is 78.9 Å². The Morgan fingerprint density at radius 2 is 2.38 bits per heavy atom. The molecular weight excluding hydrogens is 164 g/mol. The molecule has 3 aliphatic heterocycles. The predicted octanol–water partition coefficient (Wildman–Crippen LogP) is 1.90. The molecule has 13 heavy (non-hydrogen) atoms. The zero-order valence-corrected chi connectivity index (χ0v) is 8.03. The summed E-state index contributed by atoms with van der Waals surface area (Å²) in [5.41, 5.74) is -0.0411. The van der Waals surface area contributed by atoms with Gasteiger partial charge in [-0.2, -0.15) is 0 Å². The van der Waals surface area contributed by atoms with Crippen LogP contribution >= 0.6 is 0 Å². The minimum absolute atomic E-state index is 0.0411. The van der Waals surface area contributed by atoms with E-state index in [1.165, 1.54) is 12.8 Å². The van der Waals surface area contributed by atoms with E-state index in [0.717, 1.165) is 13.0 Å². The van der Waals surface area contributed by atoms with Crippen molar-refractivity contribution in [1.82, 2.24) is 0 Å². The van der Waals surface area contributed by atoms with Gasteiger partial charge in [0.25, 0.3) is 0 Å². The van der Waals surface area contributed by atoms with Gasteiger partial charge in [0.1, 0.15) is 5.60 Å². The molecule has 4 atom stereocenters. The molecule has 2 saturated heterocycles. The maximum absolute atomic E-state index is 6.02. The molecule has 72 valence electrons. The van der Waals surface area contributed by atoms with Crippen molar-refractivity contribution < 1.29 is 9.47 Å². The van der Waals surface area contributed by atoms with Crippen LogP contribution in [0.3, 0.4) is 0 Å². The topological polar surface area (TPSA) is 18.5 Å². The summed E-state index contributed by atoms with van der Waals surface area (Å²) in [6, 6.07) is 0. The maximum Gasteiger partial charge on any atom is 0.114 e. The molecule has 2 nitrogen and oxygen atoms in total. The first-order valence-corrected chi connectivity index (χ1v) is 5.29. The van der Waals surface area contributed by atoms with Crippen LogP contribution in [0.25, 0.3) is 0 Å². The van der Waals surface area contributed by atoms with E-state index >= 15 is 0 Å². The summed E-state index contributed by atoms with van der Waals surface area (Å²) in [4.78, 5) is 0. The molecule has 0 spiro atoms. The van der Waals surface area contributed by atoms with Crippen molar-refractivity contribution in [1.29, 1.82) is 0 Å². The van der Waals surface area contributed by atoms with Gasteiger partial charge in [0, 0.05) is 6.61 Å². The third kappa shape index (κ3) is 1.02. The molecule has 0 aromatic rings. The van der Waals surface area contributed by atoms with Gasteiger partial charge in [-0.25, -0.2) is 0 Å². The molecule has 0 N–H and O–H groups in total. The van der Waals surface area contributed by atoms with Crippen LogP contribution in [0.15, 0.2) is 12.2 Å². The van der Waals surface area contributed by atoms with E-state index < -0.39 is 0 Å². The molecule has 3 heterocycles. The normalized spacial score (nSPS) is 53.5. The average Bonchev–Trinajstić information content (AvgIpc) is 2.77. The van der Waals surface area contributed by atoms with Gasteiger partial charge in [-0.05, 0) is 25.2 Å². The van der Waals surface area contributed by atoms with Gasteiger partial charge in [-0.15, -0.1) is 0 Å². The molecule has 2 bridgehead atoms. The third-order valence-electron chi connectivity index (χ3n) is 3.60. The van der Waals surface area contributed by atoms with Gasteiger partial charge in [0.2, 0.25) is 0 Å². The minimum Gasteiger partial charge on any atom is -0.375 e. The number of rotatable bonds is 1. The molecule has 0 aliphatic carbocycles. The van der Waals surface area contributed by atoms with E-state index in [9.17, 15) is 0 Å². The van der Waals surface area contributed by atoms with Crippen molar-refractivity contribution >= 4 is 0 Å². The summed E-state index contributed by atoms with van der Waals surface area (Å²) in [7, 11) is 0. The molecule has 0 aromatic carbocycles. The predicted molar refractivity (Wildman–Crippen MR) is 49.5 cm³/mol. The highest BCUT2D eigenvalue weighted by Crippen LogP contribution is 2.46. The Morgan fingerprint density at radius 1 is 1.46 bits per heavy atom. The monoisotopic (exact) mass is 180 g/mol. The second-order valence-corrected chi connectivity index (χ2v) is 4.58. The van der Waals surface area contributed by atoms with Crippen LogP contribution in [-0.4, -0.2) is 24.4 Å². The number of fused-ring (bicyclic) bond motifs is 2. The summed E-state index contributed by atoms with van der Waals surface area (Å²) in [5.74, 6) is 0.675. The zero-order valence-electron chi connectivity index (χ0n) is 8.03. The first-order chi connectivity index (χ1) is 6.30. The second kappa shape index (κ2) is 2.58. The van der Waals surface area contributed by atoms with Gasteiger partial charge in [0.05, 0.1) is 12.2 Å². The summed E-state index contributed by atoms with van der Waals surface area (Å²) in [6.45, 7) is 3.19. The number of ether oxygens (including phenoxy) is 2. The van der Waals surface area contributed by atoms with E-state index in [0.29, 0.717) is 18.1 Å². The lowest BCUT2D eigenvalue weighted by molar-refractivity contribution is -0.0712. The Hall–Kier alpha value is -0.340. The van der Waals surface area contributed by atoms with Crippen molar-refractivity contribution in [2.45, 2.75) is 44.0 Å². The zero-order chi connectivity index (χ0) is 8.89. The van der Waals surface area contributed by atoms with Gasteiger partial charge >= 0.3 is 0 Å². The van der Waals surface area contributed by atoms with Crippen LogP contribution in [0.5, 0.6) is 0 Å². The number of hydrogen-bond donors (Lipinski definition) is 0. The molecule has 3 aliphatic rings. The highest BCUT2D eigenvalue weighted by molar-refractivity contribution is 5.22. The fourth-order valence-corrected chi connectivity index (χ4v) is 2.91. The SMILES string of the molecule is CC1CC2(C3CCCO3)C=CC1O2. The van der Waals surface area contributed by atoms with Crippen molar-refractivity contribution in [3.05, 3.63) is 12.2 Å². The van der Waals surface area contributed by atoms with Gasteiger partial charge < -0.3 is 9.47 Å². The first kappa shape index (κ1) is 8.01. The van der Waals surface area contributed by atoms with Crippen LogP contribution in [0, 0.1) is 5.92 Å². The lowest BCUT2D eigenvalue weighted by Crippen LogP contribution is -2.38. The number of hydrogen-bond acceptors (Lipinski definition) is 2. The van der Waals surface area contributed by atoms with E-state index in [1.807, 2.05) is 0 Å². The molecule has 4 unspecified atom stereocenters. The Morgan fingerprint density at radius 3 is 2.92 bits per heavy atom. The fourth-order valence-electron chi connectivity index (χ4n) is 2.91. The van der Waals surface area contributed by atoms with Crippen LogP contribution < -0.4 is 0 Å². The smallest absolute Gasteiger partial charge is 0.114 e. The summed E-state index contributed by atoms with van der Waals surface area (Å²) in [5, 5.41) is 0. The quantitative estimate of drug-likeness (QED) is 0.574. The van der Waals surface area contributed by atoms with E-state index in [2.05, 4.69) is 19.1 Å². The van der Waals surface area contributed by atoms with E-state index in [1.54, 1.807) is 0 Å². The Balaban J connectivity index is 1.86. The van der Waals surface area contributed by atoms with Crippen molar-refractivity contribution in [3.63, 3.8) is 0 Å². The molecule has 0 amide bonds. The van der Waals surface area contributed by atoms with Crippen LogP contribution in [0.1, 0.15) is 26.2 Å². The van der Waals surface area contributed by atoms with Crippen LogP contribution in [-0.2, 0) is 9.47 Å². The van der Waals surface area contributed by atoms with Crippen LogP contribution in [0.4, 0.5) is 0 Å². The van der Waals surface area contributed by atoms with Gasteiger partial charge in [-0.3, -0.25) is 0 Å². The first-order valence-electron chi connectivity index (χ1n) is 5.29. The minimum atomic E-state index is -0.0411. The third-order valence-corrected chi connectivity index (χ3v) is 3.60. The fraction of sp³-hybridized carbons (Fsp3) is 0.818. The maximum atomic E-state index is 6.02. The summed E-state index contributed by atoms with van der Waals surface area (Å²) >= 11 is 0. The van der Waals surface area contributed by atoms with Gasteiger partial charge in [0.15, 0.2) is 0 Å².